The Morgan fingerprint density at radius 2 is 0.325 bits per heavy atom. The van der Waals surface area contributed by atoms with Crippen LogP contribution in [0.15, 0.2) is 72.8 Å². The summed E-state index contributed by atoms with van der Waals surface area (Å²) in [6.07, 6.45) is 14.3. The Balaban J connectivity index is 0.000000130. The number of hydrogen-bond donors (Lipinski definition) is 18. The van der Waals surface area contributed by atoms with E-state index in [4.69, 9.17) is 0 Å². The first-order valence-electron chi connectivity index (χ1n) is 47.5. The van der Waals surface area contributed by atoms with E-state index in [2.05, 4.69) is 112 Å². The maximum atomic E-state index is 10.5. The molecule has 0 amide bonds. The molecule has 126 heavy (non-hydrogen) atoms. The first kappa shape index (κ1) is 96.0. The number of phenolic OH excluding ortho intramolecular Hbond substituents is 12. The van der Waals surface area contributed by atoms with Crippen molar-refractivity contribution in [2.75, 3.05) is 78.5 Å². The molecule has 0 saturated carbocycles. The summed E-state index contributed by atoms with van der Waals surface area (Å²) >= 11 is 0. The van der Waals surface area contributed by atoms with E-state index < -0.39 is 0 Å². The van der Waals surface area contributed by atoms with Gasteiger partial charge in [0, 0.05) is 115 Å². The van der Waals surface area contributed by atoms with E-state index in [1.54, 1.807) is 72.8 Å². The number of aliphatic hydroxyl groups is 6. The molecule has 696 valence electrons. The van der Waals surface area contributed by atoms with Crippen LogP contribution in [-0.4, -0.2) is 236 Å². The fraction of sp³-hybridized carbons (Fsp3) is 0.647. The van der Waals surface area contributed by atoms with Crippen molar-refractivity contribution in [2.45, 2.75) is 272 Å². The summed E-state index contributed by atoms with van der Waals surface area (Å²) in [7, 11) is 0. The van der Waals surface area contributed by atoms with Crippen LogP contribution < -0.4 is 0 Å². The predicted octanol–water partition coefficient (Wildman–Crippen LogP) is 14.5. The topological polar surface area (TPSA) is 384 Å². The van der Waals surface area contributed by atoms with Crippen molar-refractivity contribution in [3.8, 4) is 69.0 Å². The number of phenols is 12. The molecule has 0 unspecified atom stereocenters. The van der Waals surface area contributed by atoms with Crippen LogP contribution in [0.5, 0.6) is 69.0 Å². The van der Waals surface area contributed by atoms with Crippen molar-refractivity contribution in [2.24, 2.45) is 71.0 Å². The third kappa shape index (κ3) is 22.5. The highest BCUT2D eigenvalue weighted by Crippen LogP contribution is 2.51. The van der Waals surface area contributed by atoms with E-state index >= 15 is 0 Å². The highest BCUT2D eigenvalue weighted by atomic mass is 16.3. The standard InChI is InChI=1S/6C17H25NO3/c6*1-10(2)5-12-9-18-4-3-11-6-16(20)17(21)7-13(11)14(18)8-15(12)19/h6*6-7,10,12,14-15,19-21H,3-5,8-9H2,1-2H3/t2*12-,14+,15+;2*12-,14-,15+;2*12-,14-,15-/m101010/s1. The van der Waals surface area contributed by atoms with Gasteiger partial charge in [0.1, 0.15) is 0 Å². The number of aromatic hydroxyl groups is 12. The molecule has 0 spiro atoms. The van der Waals surface area contributed by atoms with Gasteiger partial charge in [0.2, 0.25) is 0 Å². The van der Waals surface area contributed by atoms with E-state index in [0.717, 1.165) is 222 Å². The van der Waals surface area contributed by atoms with Crippen LogP contribution in [0, 0.1) is 71.0 Å². The summed E-state index contributed by atoms with van der Waals surface area (Å²) in [6.45, 7) is 37.7. The van der Waals surface area contributed by atoms with E-state index in [-0.39, 0.29) is 142 Å². The predicted molar refractivity (Wildman–Crippen MR) is 488 cm³/mol. The molecule has 24 nitrogen and oxygen atoms in total. The van der Waals surface area contributed by atoms with Crippen LogP contribution in [0.2, 0.25) is 0 Å². The smallest absolute Gasteiger partial charge is 0.157 e. The molecule has 12 aliphatic rings. The summed E-state index contributed by atoms with van der Waals surface area (Å²) in [6, 6.07) is 21.1. The van der Waals surface area contributed by atoms with Crippen LogP contribution in [0.1, 0.15) is 263 Å². The number of fused-ring (bicyclic) bond motifs is 18. The lowest BCUT2D eigenvalue weighted by molar-refractivity contribution is -0.0192. The van der Waals surface area contributed by atoms with Crippen molar-refractivity contribution in [1.82, 2.24) is 29.4 Å². The average Bonchev–Trinajstić information content (AvgIpc) is 0.797. The molecule has 0 aliphatic carbocycles. The second kappa shape index (κ2) is 41.3. The average molecular weight is 1750 g/mol. The van der Waals surface area contributed by atoms with Crippen molar-refractivity contribution in [3.05, 3.63) is 140 Å². The van der Waals surface area contributed by atoms with Crippen molar-refractivity contribution in [1.29, 1.82) is 0 Å². The Morgan fingerprint density at radius 1 is 0.206 bits per heavy atom. The van der Waals surface area contributed by atoms with Gasteiger partial charge in [-0.05, 0) is 326 Å². The number of nitrogens with zero attached hydrogens (tertiary/aromatic N) is 6. The third-order valence-corrected chi connectivity index (χ3v) is 29.7. The third-order valence-electron chi connectivity index (χ3n) is 29.7. The molecule has 12 heterocycles. The molecule has 0 radical (unpaired) electrons. The fourth-order valence-corrected chi connectivity index (χ4v) is 23.7. The fourth-order valence-electron chi connectivity index (χ4n) is 23.7. The lowest BCUT2D eigenvalue weighted by Crippen LogP contribution is -2.48. The van der Waals surface area contributed by atoms with Gasteiger partial charge in [0.05, 0.1) is 36.6 Å². The van der Waals surface area contributed by atoms with Gasteiger partial charge in [0.25, 0.3) is 0 Å². The van der Waals surface area contributed by atoms with Crippen LogP contribution in [0.4, 0.5) is 0 Å². The van der Waals surface area contributed by atoms with E-state index in [1.807, 2.05) is 0 Å². The minimum atomic E-state index is -0.282. The minimum Gasteiger partial charge on any atom is -0.504 e. The highest BCUT2D eigenvalue weighted by Gasteiger charge is 2.46. The zero-order chi connectivity index (χ0) is 90.9. The quantitative estimate of drug-likeness (QED) is 0.0506. The van der Waals surface area contributed by atoms with Crippen molar-refractivity contribution in [3.63, 3.8) is 0 Å². The molecule has 18 rings (SSSR count). The molecular formula is C102H150N6O18. The normalized spacial score (nSPS) is 29.2. The molecule has 6 fully saturated rings. The van der Waals surface area contributed by atoms with Crippen LogP contribution >= 0.6 is 0 Å². The minimum absolute atomic E-state index is 0.0451. The number of aliphatic hydroxyl groups excluding tert-OH is 6. The number of benzene rings is 6. The molecule has 0 bridgehead atoms. The number of piperidine rings is 6. The first-order chi connectivity index (χ1) is 59.7. The van der Waals surface area contributed by atoms with Crippen molar-refractivity contribution >= 4 is 0 Å². The van der Waals surface area contributed by atoms with Crippen molar-refractivity contribution < 1.29 is 91.9 Å². The molecule has 6 aromatic carbocycles. The Hall–Kier alpha value is -7.56. The zero-order valence-electron chi connectivity index (χ0n) is 76.7. The first-order valence-corrected chi connectivity index (χ1v) is 47.5. The van der Waals surface area contributed by atoms with Gasteiger partial charge >= 0.3 is 0 Å². The molecule has 6 saturated heterocycles. The number of hydrogen-bond acceptors (Lipinski definition) is 24. The lowest BCUT2D eigenvalue weighted by Gasteiger charge is -2.46. The van der Waals surface area contributed by atoms with E-state index in [1.165, 1.54) is 0 Å². The Morgan fingerprint density at radius 3 is 0.444 bits per heavy atom. The van der Waals surface area contributed by atoms with Gasteiger partial charge in [-0.15, -0.1) is 0 Å². The second-order valence-corrected chi connectivity index (χ2v) is 42.0. The lowest BCUT2D eigenvalue weighted by atomic mass is 9.79. The Bertz CT molecular complexity index is 3910. The van der Waals surface area contributed by atoms with Gasteiger partial charge in [-0.1, -0.05) is 83.1 Å². The van der Waals surface area contributed by atoms with Gasteiger partial charge in [-0.3, -0.25) is 29.4 Å². The number of rotatable bonds is 12. The van der Waals surface area contributed by atoms with Crippen LogP contribution in [-0.2, 0) is 38.5 Å². The largest absolute Gasteiger partial charge is 0.504 e. The Kier molecular flexibility index (Phi) is 31.4. The van der Waals surface area contributed by atoms with E-state index in [0.29, 0.717) is 110 Å². The molecular weight excluding hydrogens is 1600 g/mol. The summed E-state index contributed by atoms with van der Waals surface area (Å²) in [4.78, 5) is 14.6. The van der Waals surface area contributed by atoms with Gasteiger partial charge in [0.15, 0.2) is 69.0 Å². The summed E-state index contributed by atoms with van der Waals surface area (Å²) < 4.78 is 0. The van der Waals surface area contributed by atoms with Crippen LogP contribution in [0.3, 0.4) is 0 Å². The molecule has 6 aromatic rings. The summed E-state index contributed by atoms with van der Waals surface area (Å²) in [5.41, 5.74) is 13.0. The summed E-state index contributed by atoms with van der Waals surface area (Å²) in [5.74, 6) is 4.99. The maximum Gasteiger partial charge on any atom is 0.157 e. The SMILES string of the molecule is CC(C)C[C@@H]1CN2CCc3cc(O)c(O)cc3[C@@H]2C[C@@H]1O.CC(C)C[C@@H]1CN2CCc3cc(O)c(O)cc3[C@H]2C[C@@H]1O.CC(C)C[C@@H]1CN2CCc3cc(O)c(O)cc3[C@H]2C[C@H]1O.CC(C)C[C@H]1CN2CCc3cc(O)c(O)cc3[C@@H]2C[C@@H]1O.CC(C)C[C@H]1CN2CCc3cc(O)c(O)cc3[C@@H]2C[C@H]1O.CC(C)C[C@H]1CN2CCc3cc(O)c(O)cc3[C@H]2C[C@H]1O. The Labute approximate surface area is 747 Å². The molecule has 18 N–H and O–H groups in total. The highest BCUT2D eigenvalue weighted by molar-refractivity contribution is 5.53. The monoisotopic (exact) mass is 1750 g/mol. The zero-order valence-corrected chi connectivity index (χ0v) is 76.7. The molecule has 24 heteroatoms. The molecule has 12 aliphatic heterocycles. The maximum absolute atomic E-state index is 10.5. The molecule has 0 aromatic heterocycles. The van der Waals surface area contributed by atoms with Gasteiger partial charge in [-0.2, -0.15) is 0 Å². The van der Waals surface area contributed by atoms with E-state index in [9.17, 15) is 91.9 Å². The molecule has 18 atom stereocenters. The second-order valence-electron chi connectivity index (χ2n) is 42.0. The van der Waals surface area contributed by atoms with Gasteiger partial charge in [-0.25, -0.2) is 0 Å². The van der Waals surface area contributed by atoms with Gasteiger partial charge < -0.3 is 91.9 Å². The van der Waals surface area contributed by atoms with Crippen LogP contribution in [0.25, 0.3) is 0 Å². The summed E-state index contributed by atoms with van der Waals surface area (Å²) in [5, 5.41) is 179.